The van der Waals surface area contributed by atoms with E-state index in [9.17, 15) is 9.18 Å². The Balaban J connectivity index is 2.43. The summed E-state index contributed by atoms with van der Waals surface area (Å²) in [5.41, 5.74) is 0.217. The summed E-state index contributed by atoms with van der Waals surface area (Å²) in [6, 6.07) is 2.77. The Morgan fingerprint density at radius 3 is 3.06 bits per heavy atom. The Labute approximate surface area is 103 Å². The number of carbonyl (C=O) groups excluding carboxylic acids is 1. The molecule has 0 fully saturated rings. The number of rotatable bonds is 1. The number of benzene rings is 1. The van der Waals surface area contributed by atoms with Crippen molar-refractivity contribution in [2.24, 2.45) is 0 Å². The molecule has 1 atom stereocenters. The van der Waals surface area contributed by atoms with Crippen LogP contribution in [0.2, 0.25) is 0 Å². The first kappa shape index (κ1) is 12.2. The van der Waals surface area contributed by atoms with Gasteiger partial charge >= 0.3 is 5.97 Å². The van der Waals surface area contributed by atoms with Gasteiger partial charge in [0.1, 0.15) is 0 Å². The molecule has 92 valence electrons. The first-order chi connectivity index (χ1) is 8.11. The van der Waals surface area contributed by atoms with Gasteiger partial charge in [0, 0.05) is 5.75 Å². The smallest absolute Gasteiger partial charge is 0.337 e. The molecule has 3 nitrogen and oxygen atoms in total. The maximum atomic E-state index is 13.8. The van der Waals surface area contributed by atoms with Crippen molar-refractivity contribution < 1.29 is 18.7 Å². The van der Waals surface area contributed by atoms with Crippen molar-refractivity contribution >= 4 is 17.7 Å². The van der Waals surface area contributed by atoms with Crippen LogP contribution in [-0.2, 0) is 4.74 Å². The Kier molecular flexibility index (Phi) is 3.57. The fourth-order valence-corrected chi connectivity index (χ4v) is 2.78. The fraction of sp³-hybridized carbons (Fsp3) is 0.417. The Morgan fingerprint density at radius 1 is 1.59 bits per heavy atom. The standard InChI is InChI=1S/C12H13FO3S/c1-7-3-4-17-10-6-8(12(14)15-2)5-9(13)11(10)16-7/h5-7H,3-4H2,1-2H3. The van der Waals surface area contributed by atoms with Gasteiger partial charge in [0.2, 0.25) is 0 Å². The zero-order valence-electron chi connectivity index (χ0n) is 9.66. The van der Waals surface area contributed by atoms with Crippen LogP contribution in [0.1, 0.15) is 23.7 Å². The molecular formula is C12H13FO3S. The summed E-state index contributed by atoms with van der Waals surface area (Å²) in [6.45, 7) is 1.91. The molecule has 1 unspecified atom stereocenters. The van der Waals surface area contributed by atoms with Crippen LogP contribution in [0.3, 0.4) is 0 Å². The summed E-state index contributed by atoms with van der Waals surface area (Å²) in [5.74, 6) is 0.0412. The maximum absolute atomic E-state index is 13.8. The molecule has 0 spiro atoms. The summed E-state index contributed by atoms with van der Waals surface area (Å²) < 4.78 is 23.9. The van der Waals surface area contributed by atoms with Gasteiger partial charge < -0.3 is 9.47 Å². The van der Waals surface area contributed by atoms with Crippen LogP contribution in [0, 0.1) is 5.82 Å². The highest BCUT2D eigenvalue weighted by atomic mass is 32.2. The largest absolute Gasteiger partial charge is 0.486 e. The average Bonchev–Trinajstić information content (AvgIpc) is 2.49. The molecule has 0 N–H and O–H groups in total. The zero-order valence-corrected chi connectivity index (χ0v) is 10.5. The molecule has 0 radical (unpaired) electrons. The van der Waals surface area contributed by atoms with Gasteiger partial charge in [-0.25, -0.2) is 9.18 Å². The second-order valence-electron chi connectivity index (χ2n) is 3.84. The molecule has 1 aromatic carbocycles. The second kappa shape index (κ2) is 4.96. The number of carbonyl (C=O) groups is 1. The molecule has 0 bridgehead atoms. The summed E-state index contributed by atoms with van der Waals surface area (Å²) in [7, 11) is 1.28. The summed E-state index contributed by atoms with van der Waals surface area (Å²) in [5, 5.41) is 0. The minimum Gasteiger partial charge on any atom is -0.486 e. The SMILES string of the molecule is COC(=O)c1cc(F)c2c(c1)SCCC(C)O2. The quantitative estimate of drug-likeness (QED) is 0.724. The summed E-state index contributed by atoms with van der Waals surface area (Å²) in [6.07, 6.45) is 0.842. The molecule has 1 heterocycles. The number of halogens is 1. The lowest BCUT2D eigenvalue weighted by atomic mass is 10.2. The molecule has 2 rings (SSSR count). The molecule has 0 aliphatic carbocycles. The van der Waals surface area contributed by atoms with E-state index in [0.29, 0.717) is 4.90 Å². The zero-order chi connectivity index (χ0) is 12.4. The number of fused-ring (bicyclic) bond motifs is 1. The third-order valence-corrected chi connectivity index (χ3v) is 3.59. The van der Waals surface area contributed by atoms with E-state index in [4.69, 9.17) is 4.74 Å². The Morgan fingerprint density at radius 2 is 2.35 bits per heavy atom. The Hall–Kier alpha value is -1.23. The van der Waals surface area contributed by atoms with Crippen molar-refractivity contribution in [2.45, 2.75) is 24.3 Å². The lowest BCUT2D eigenvalue weighted by Crippen LogP contribution is -2.12. The van der Waals surface area contributed by atoms with E-state index >= 15 is 0 Å². The van der Waals surface area contributed by atoms with Gasteiger partial charge in [0.15, 0.2) is 11.6 Å². The van der Waals surface area contributed by atoms with Gasteiger partial charge in [-0.05, 0) is 25.5 Å². The monoisotopic (exact) mass is 256 g/mol. The molecule has 1 aliphatic heterocycles. The van der Waals surface area contributed by atoms with Crippen LogP contribution in [0.15, 0.2) is 17.0 Å². The minimum absolute atomic E-state index is 0.0118. The molecule has 0 aromatic heterocycles. The van der Waals surface area contributed by atoms with Crippen molar-refractivity contribution in [1.82, 2.24) is 0 Å². The van der Waals surface area contributed by atoms with Gasteiger partial charge in [0.25, 0.3) is 0 Å². The minimum atomic E-state index is -0.537. The molecule has 0 saturated carbocycles. The molecule has 1 aliphatic rings. The van der Waals surface area contributed by atoms with Crippen molar-refractivity contribution in [3.63, 3.8) is 0 Å². The molecule has 0 amide bonds. The number of hydrogen-bond acceptors (Lipinski definition) is 4. The number of thioether (sulfide) groups is 1. The second-order valence-corrected chi connectivity index (χ2v) is 4.98. The molecule has 17 heavy (non-hydrogen) atoms. The highest BCUT2D eigenvalue weighted by molar-refractivity contribution is 7.99. The van der Waals surface area contributed by atoms with Crippen molar-refractivity contribution in [3.8, 4) is 5.75 Å². The van der Waals surface area contributed by atoms with E-state index < -0.39 is 11.8 Å². The summed E-state index contributed by atoms with van der Waals surface area (Å²) in [4.78, 5) is 12.0. The number of hydrogen-bond donors (Lipinski definition) is 0. The number of esters is 1. The lowest BCUT2D eigenvalue weighted by Gasteiger charge is -2.13. The van der Waals surface area contributed by atoms with E-state index in [1.54, 1.807) is 6.07 Å². The molecule has 5 heteroatoms. The molecule has 0 saturated heterocycles. The summed E-state index contributed by atoms with van der Waals surface area (Å²) >= 11 is 1.50. The van der Waals surface area contributed by atoms with Crippen LogP contribution in [-0.4, -0.2) is 24.9 Å². The van der Waals surface area contributed by atoms with Crippen LogP contribution in [0.4, 0.5) is 4.39 Å². The predicted octanol–water partition coefficient (Wildman–Crippen LogP) is 2.88. The van der Waals surface area contributed by atoms with Crippen molar-refractivity contribution in [3.05, 3.63) is 23.5 Å². The average molecular weight is 256 g/mol. The van der Waals surface area contributed by atoms with Gasteiger partial charge in [0.05, 0.1) is 23.7 Å². The lowest BCUT2D eigenvalue weighted by molar-refractivity contribution is 0.0599. The third kappa shape index (κ3) is 2.54. The fourth-order valence-electron chi connectivity index (χ4n) is 1.62. The van der Waals surface area contributed by atoms with E-state index in [-0.39, 0.29) is 17.4 Å². The van der Waals surface area contributed by atoms with E-state index in [2.05, 4.69) is 4.74 Å². The first-order valence-electron chi connectivity index (χ1n) is 5.33. The molecule has 1 aromatic rings. The van der Waals surface area contributed by atoms with Gasteiger partial charge in [-0.2, -0.15) is 0 Å². The number of ether oxygens (including phenoxy) is 2. The Bertz CT molecular complexity index is 448. The normalized spacial score (nSPS) is 18.9. The van der Waals surface area contributed by atoms with E-state index in [1.807, 2.05) is 6.92 Å². The molecular weight excluding hydrogens is 243 g/mol. The predicted molar refractivity (Wildman–Crippen MR) is 63.2 cm³/mol. The van der Waals surface area contributed by atoms with E-state index in [0.717, 1.165) is 18.2 Å². The van der Waals surface area contributed by atoms with Crippen molar-refractivity contribution in [2.75, 3.05) is 12.9 Å². The van der Waals surface area contributed by atoms with E-state index in [1.165, 1.54) is 18.9 Å². The highest BCUT2D eigenvalue weighted by Gasteiger charge is 2.21. The van der Waals surface area contributed by atoms with Crippen molar-refractivity contribution in [1.29, 1.82) is 0 Å². The van der Waals surface area contributed by atoms with Crippen LogP contribution >= 0.6 is 11.8 Å². The van der Waals surface area contributed by atoms with Crippen LogP contribution in [0.25, 0.3) is 0 Å². The van der Waals surface area contributed by atoms with Gasteiger partial charge in [-0.3, -0.25) is 0 Å². The van der Waals surface area contributed by atoms with Crippen LogP contribution in [0.5, 0.6) is 5.75 Å². The van der Waals surface area contributed by atoms with Crippen LogP contribution < -0.4 is 4.74 Å². The van der Waals surface area contributed by atoms with Gasteiger partial charge in [-0.1, -0.05) is 0 Å². The maximum Gasteiger partial charge on any atom is 0.337 e. The highest BCUT2D eigenvalue weighted by Crippen LogP contribution is 2.37. The third-order valence-electron chi connectivity index (χ3n) is 2.53. The topological polar surface area (TPSA) is 35.5 Å². The van der Waals surface area contributed by atoms with Gasteiger partial charge in [-0.15, -0.1) is 11.8 Å². The first-order valence-corrected chi connectivity index (χ1v) is 6.31. The number of methoxy groups -OCH3 is 1.